The van der Waals surface area contributed by atoms with Crippen molar-refractivity contribution in [3.63, 3.8) is 0 Å². The summed E-state index contributed by atoms with van der Waals surface area (Å²) < 4.78 is 10.5. The van der Waals surface area contributed by atoms with Crippen molar-refractivity contribution in [3.05, 3.63) is 59.2 Å². The fraction of sp³-hybridized carbons (Fsp3) is 0.391. The minimum atomic E-state index is -0.638. The molecule has 1 atom stereocenters. The lowest BCUT2D eigenvalue weighted by Gasteiger charge is -2.35. The number of rotatable bonds is 3. The topological polar surface area (TPSA) is 55.8 Å². The number of fused-ring (bicyclic) bond motifs is 1. The van der Waals surface area contributed by atoms with Crippen molar-refractivity contribution in [1.82, 2.24) is 0 Å². The number of ether oxygens (including phenoxy) is 2. The Kier molecular flexibility index (Phi) is 5.45. The van der Waals surface area contributed by atoms with Crippen LogP contribution < -0.4 is 9.64 Å². The minimum Gasteiger partial charge on any atom is -0.496 e. The van der Waals surface area contributed by atoms with Crippen molar-refractivity contribution in [2.45, 2.75) is 45.1 Å². The van der Waals surface area contributed by atoms with Gasteiger partial charge in [-0.2, -0.15) is 0 Å². The van der Waals surface area contributed by atoms with Crippen molar-refractivity contribution < 1.29 is 19.1 Å². The van der Waals surface area contributed by atoms with Crippen LogP contribution in [0.3, 0.4) is 0 Å². The van der Waals surface area contributed by atoms with Gasteiger partial charge in [0, 0.05) is 11.3 Å². The number of methoxy groups -OCH3 is 2. The van der Waals surface area contributed by atoms with E-state index in [4.69, 9.17) is 9.47 Å². The molecule has 148 valence electrons. The number of esters is 1. The minimum absolute atomic E-state index is 0.112. The van der Waals surface area contributed by atoms with Crippen LogP contribution >= 0.6 is 0 Å². The average molecular weight is 381 g/mol. The first kappa shape index (κ1) is 19.9. The molecule has 0 bridgehead atoms. The van der Waals surface area contributed by atoms with Crippen molar-refractivity contribution in [2.75, 3.05) is 19.1 Å². The highest BCUT2D eigenvalue weighted by atomic mass is 16.5. The third-order valence-corrected chi connectivity index (χ3v) is 5.20. The Morgan fingerprint density at radius 1 is 1.07 bits per heavy atom. The highest BCUT2D eigenvalue weighted by molar-refractivity contribution is 6.10. The predicted octanol–water partition coefficient (Wildman–Crippen LogP) is 4.13. The summed E-state index contributed by atoms with van der Waals surface area (Å²) >= 11 is 0. The first-order valence-electron chi connectivity index (χ1n) is 9.45. The summed E-state index contributed by atoms with van der Waals surface area (Å²) in [4.78, 5) is 27.4. The zero-order chi connectivity index (χ0) is 20.5. The van der Waals surface area contributed by atoms with Gasteiger partial charge in [-0.3, -0.25) is 9.69 Å². The SMILES string of the molecule is COC(=O)C1CCc2ccccc2N1C(=O)c1ccc(C(C)(C)C)c(OC)c1. The molecule has 1 amide bonds. The van der Waals surface area contributed by atoms with Gasteiger partial charge in [-0.1, -0.05) is 45.0 Å². The van der Waals surface area contributed by atoms with Crippen molar-refractivity contribution in [2.24, 2.45) is 0 Å². The van der Waals surface area contributed by atoms with E-state index in [1.165, 1.54) is 7.11 Å². The third kappa shape index (κ3) is 3.61. The van der Waals surface area contributed by atoms with Gasteiger partial charge in [-0.25, -0.2) is 4.79 Å². The molecule has 0 saturated heterocycles. The predicted molar refractivity (Wildman–Crippen MR) is 109 cm³/mol. The molecule has 0 fully saturated rings. The van der Waals surface area contributed by atoms with Crippen LogP contribution in [-0.4, -0.2) is 32.1 Å². The highest BCUT2D eigenvalue weighted by Gasteiger charge is 2.37. The molecule has 1 aliphatic rings. The number of para-hydroxylation sites is 1. The number of anilines is 1. The Morgan fingerprint density at radius 3 is 2.43 bits per heavy atom. The molecule has 0 spiro atoms. The summed E-state index contributed by atoms with van der Waals surface area (Å²) in [5, 5.41) is 0. The molecule has 0 saturated carbocycles. The van der Waals surface area contributed by atoms with Crippen LogP contribution in [0.2, 0.25) is 0 Å². The summed E-state index contributed by atoms with van der Waals surface area (Å²) in [6.45, 7) is 6.29. The van der Waals surface area contributed by atoms with Crippen LogP contribution in [0.25, 0.3) is 0 Å². The smallest absolute Gasteiger partial charge is 0.328 e. The van der Waals surface area contributed by atoms with Gasteiger partial charge < -0.3 is 9.47 Å². The van der Waals surface area contributed by atoms with Crippen LogP contribution in [0.1, 0.15) is 48.7 Å². The Hall–Kier alpha value is -2.82. The number of hydrogen-bond donors (Lipinski definition) is 0. The number of amides is 1. The van der Waals surface area contributed by atoms with Gasteiger partial charge >= 0.3 is 5.97 Å². The molecule has 3 rings (SSSR count). The standard InChI is InChI=1S/C23H27NO4/c1-23(2,3)17-12-10-16(14-20(17)27-4)21(25)24-18-9-7-6-8-15(18)11-13-19(24)22(26)28-5/h6-10,12,14,19H,11,13H2,1-5H3. The van der Waals surface area contributed by atoms with Gasteiger partial charge in [-0.15, -0.1) is 0 Å². The fourth-order valence-corrected chi connectivity index (χ4v) is 3.74. The lowest BCUT2D eigenvalue weighted by atomic mass is 9.85. The molecule has 5 nitrogen and oxygen atoms in total. The summed E-state index contributed by atoms with van der Waals surface area (Å²) in [7, 11) is 2.96. The van der Waals surface area contributed by atoms with Gasteiger partial charge in [0.05, 0.1) is 14.2 Å². The molecule has 0 radical (unpaired) electrons. The quantitative estimate of drug-likeness (QED) is 0.750. The number of nitrogens with zero attached hydrogens (tertiary/aromatic N) is 1. The van der Waals surface area contributed by atoms with Crippen LogP contribution in [0.4, 0.5) is 5.69 Å². The van der Waals surface area contributed by atoms with Crippen molar-refractivity contribution in [1.29, 1.82) is 0 Å². The normalized spacial score (nSPS) is 16.3. The zero-order valence-electron chi connectivity index (χ0n) is 17.1. The molecule has 0 aliphatic carbocycles. The zero-order valence-corrected chi connectivity index (χ0v) is 17.1. The van der Waals surface area contributed by atoms with Crippen LogP contribution in [-0.2, 0) is 21.4 Å². The van der Waals surface area contributed by atoms with E-state index in [2.05, 4.69) is 20.8 Å². The second kappa shape index (κ2) is 7.66. The van der Waals surface area contributed by atoms with Gasteiger partial charge in [-0.05, 0) is 47.6 Å². The van der Waals surface area contributed by atoms with E-state index >= 15 is 0 Å². The van der Waals surface area contributed by atoms with E-state index in [-0.39, 0.29) is 11.3 Å². The molecular formula is C23H27NO4. The molecule has 1 aliphatic heterocycles. The number of benzene rings is 2. The maximum Gasteiger partial charge on any atom is 0.328 e. The maximum absolute atomic E-state index is 13.5. The van der Waals surface area contributed by atoms with Gasteiger partial charge in [0.15, 0.2) is 0 Å². The number of hydrogen-bond acceptors (Lipinski definition) is 4. The van der Waals surface area contributed by atoms with E-state index in [1.54, 1.807) is 24.1 Å². The Bertz CT molecular complexity index is 898. The van der Waals surface area contributed by atoms with Gasteiger partial charge in [0.25, 0.3) is 5.91 Å². The maximum atomic E-state index is 13.5. The lowest BCUT2D eigenvalue weighted by molar-refractivity contribution is -0.142. The van der Waals surface area contributed by atoms with E-state index in [1.807, 2.05) is 30.3 Å². The van der Waals surface area contributed by atoms with E-state index in [0.717, 1.165) is 23.2 Å². The molecule has 1 heterocycles. The summed E-state index contributed by atoms with van der Waals surface area (Å²) in [5.74, 6) is 0.0284. The monoisotopic (exact) mass is 381 g/mol. The summed E-state index contributed by atoms with van der Waals surface area (Å²) in [6, 6.07) is 12.5. The van der Waals surface area contributed by atoms with Crippen molar-refractivity contribution >= 4 is 17.6 Å². The molecule has 28 heavy (non-hydrogen) atoms. The Balaban J connectivity index is 2.07. The average Bonchev–Trinajstić information content (AvgIpc) is 2.70. The highest BCUT2D eigenvalue weighted by Crippen LogP contribution is 2.35. The molecule has 5 heteroatoms. The van der Waals surface area contributed by atoms with Gasteiger partial charge in [0.1, 0.15) is 11.8 Å². The number of aryl methyl sites for hydroxylation is 1. The third-order valence-electron chi connectivity index (χ3n) is 5.20. The van der Waals surface area contributed by atoms with E-state index in [9.17, 15) is 9.59 Å². The van der Waals surface area contributed by atoms with Crippen molar-refractivity contribution in [3.8, 4) is 5.75 Å². The summed E-state index contributed by atoms with van der Waals surface area (Å²) in [5.41, 5.74) is 3.20. The lowest BCUT2D eigenvalue weighted by Crippen LogP contribution is -2.48. The molecule has 0 N–H and O–H groups in total. The summed E-state index contributed by atoms with van der Waals surface area (Å²) in [6.07, 6.45) is 1.26. The van der Waals surface area contributed by atoms with Crippen LogP contribution in [0.15, 0.2) is 42.5 Å². The second-order valence-electron chi connectivity index (χ2n) is 8.05. The van der Waals surface area contributed by atoms with E-state index < -0.39 is 12.0 Å². The second-order valence-corrected chi connectivity index (χ2v) is 8.05. The largest absolute Gasteiger partial charge is 0.496 e. The first-order valence-corrected chi connectivity index (χ1v) is 9.45. The Morgan fingerprint density at radius 2 is 1.79 bits per heavy atom. The molecule has 2 aromatic carbocycles. The van der Waals surface area contributed by atoms with E-state index in [0.29, 0.717) is 17.7 Å². The van der Waals surface area contributed by atoms with Gasteiger partial charge in [0.2, 0.25) is 0 Å². The molecular weight excluding hydrogens is 354 g/mol. The molecule has 0 aromatic heterocycles. The van der Waals surface area contributed by atoms with Crippen LogP contribution in [0.5, 0.6) is 5.75 Å². The Labute approximate surface area is 166 Å². The molecule has 2 aromatic rings. The fourth-order valence-electron chi connectivity index (χ4n) is 3.74. The molecule has 1 unspecified atom stereocenters. The van der Waals surface area contributed by atoms with Crippen LogP contribution in [0, 0.1) is 0 Å². The number of carbonyl (C=O) groups is 2. The number of carbonyl (C=O) groups excluding carboxylic acids is 2. The first-order chi connectivity index (χ1) is 13.3.